The Balaban J connectivity index is 1.76. The van der Waals surface area contributed by atoms with Crippen LogP contribution in [0.5, 0.6) is 0 Å². The molecule has 1 unspecified atom stereocenters. The summed E-state index contributed by atoms with van der Waals surface area (Å²) in [7, 11) is 0. The molecule has 0 amide bonds. The summed E-state index contributed by atoms with van der Waals surface area (Å²) in [6, 6.07) is 11.9. The van der Waals surface area contributed by atoms with E-state index in [4.69, 9.17) is 5.10 Å². The lowest BCUT2D eigenvalue weighted by Gasteiger charge is -2.26. The predicted octanol–water partition coefficient (Wildman–Crippen LogP) is 3.67. The highest BCUT2D eigenvalue weighted by Gasteiger charge is 2.20. The van der Waals surface area contributed by atoms with E-state index in [-0.39, 0.29) is 0 Å². The Labute approximate surface area is 127 Å². The first kappa shape index (κ1) is 14.3. The molecule has 3 rings (SSSR count). The molecule has 0 bridgehead atoms. The van der Waals surface area contributed by atoms with Gasteiger partial charge in [-0.25, -0.2) is 0 Å². The van der Waals surface area contributed by atoms with E-state index in [0.717, 1.165) is 32.2 Å². The van der Waals surface area contributed by atoms with Gasteiger partial charge in [0.25, 0.3) is 0 Å². The fraction of sp³-hybridized carbons (Fsp3) is 0.500. The minimum Gasteiger partial charge on any atom is -0.309 e. The van der Waals surface area contributed by atoms with Gasteiger partial charge in [0.2, 0.25) is 0 Å². The van der Waals surface area contributed by atoms with Crippen LogP contribution in [0.3, 0.4) is 0 Å². The number of fused-ring (bicyclic) bond motifs is 1. The molecule has 21 heavy (non-hydrogen) atoms. The van der Waals surface area contributed by atoms with E-state index >= 15 is 0 Å². The van der Waals surface area contributed by atoms with Crippen molar-refractivity contribution in [2.45, 2.75) is 51.6 Å². The molecule has 3 nitrogen and oxygen atoms in total. The molecular weight excluding hydrogens is 258 g/mol. The largest absolute Gasteiger partial charge is 0.309 e. The predicted molar refractivity (Wildman–Crippen MR) is 86.4 cm³/mol. The summed E-state index contributed by atoms with van der Waals surface area (Å²) in [5.74, 6) is 0. The first-order valence-electron chi connectivity index (χ1n) is 8.17. The van der Waals surface area contributed by atoms with Crippen molar-refractivity contribution in [1.29, 1.82) is 0 Å². The van der Waals surface area contributed by atoms with Crippen molar-refractivity contribution in [2.24, 2.45) is 0 Å². The molecule has 1 N–H and O–H groups in total. The Bertz CT molecular complexity index is 584. The zero-order chi connectivity index (χ0) is 14.7. The van der Waals surface area contributed by atoms with Crippen LogP contribution in [0.4, 0.5) is 0 Å². The smallest absolute Gasteiger partial charge is 0.0643 e. The first-order chi connectivity index (χ1) is 10.3. The van der Waals surface area contributed by atoms with Gasteiger partial charge in [-0.2, -0.15) is 5.10 Å². The van der Waals surface area contributed by atoms with Crippen LogP contribution < -0.4 is 5.32 Å². The number of benzene rings is 1. The van der Waals surface area contributed by atoms with E-state index in [2.05, 4.69) is 60.4 Å². The molecule has 0 saturated heterocycles. The van der Waals surface area contributed by atoms with E-state index in [1.165, 1.54) is 16.8 Å². The number of nitrogens with one attached hydrogen (secondary N) is 1. The molecule has 0 aliphatic carbocycles. The minimum atomic E-state index is 0.403. The van der Waals surface area contributed by atoms with Crippen molar-refractivity contribution in [2.75, 3.05) is 6.54 Å². The Morgan fingerprint density at radius 3 is 2.86 bits per heavy atom. The molecule has 0 spiro atoms. The summed E-state index contributed by atoms with van der Waals surface area (Å²) >= 11 is 0. The standard InChI is InChI=1S/C18H25N3/c1-3-16(4-2)21-12-10-15(20-21)13-18-17-8-6-5-7-14(17)9-11-19-18/h5-8,10,12,16,18-19H,3-4,9,11,13H2,1-2H3. The van der Waals surface area contributed by atoms with Crippen molar-refractivity contribution in [1.82, 2.24) is 15.1 Å². The quantitative estimate of drug-likeness (QED) is 0.907. The number of aromatic nitrogens is 2. The fourth-order valence-electron chi connectivity index (χ4n) is 3.34. The second-order valence-electron chi connectivity index (χ2n) is 5.92. The molecule has 112 valence electrons. The normalized spacial score (nSPS) is 18.0. The molecule has 0 saturated carbocycles. The molecule has 1 aromatic heterocycles. The van der Waals surface area contributed by atoms with Crippen LogP contribution in [-0.4, -0.2) is 16.3 Å². The Hall–Kier alpha value is -1.61. The van der Waals surface area contributed by atoms with Crippen LogP contribution >= 0.6 is 0 Å². The van der Waals surface area contributed by atoms with Gasteiger partial charge < -0.3 is 5.32 Å². The number of rotatable bonds is 5. The average Bonchev–Trinajstić information content (AvgIpc) is 2.97. The van der Waals surface area contributed by atoms with Crippen molar-refractivity contribution in [3.05, 3.63) is 53.3 Å². The van der Waals surface area contributed by atoms with Gasteiger partial charge in [0, 0.05) is 18.7 Å². The summed E-state index contributed by atoms with van der Waals surface area (Å²) in [5.41, 5.74) is 4.12. The molecule has 0 fully saturated rings. The van der Waals surface area contributed by atoms with Crippen LogP contribution in [0.1, 0.15) is 55.6 Å². The van der Waals surface area contributed by atoms with E-state index in [1.807, 2.05) is 0 Å². The Kier molecular flexibility index (Phi) is 4.39. The first-order valence-corrected chi connectivity index (χ1v) is 8.17. The number of hydrogen-bond donors (Lipinski definition) is 1. The van der Waals surface area contributed by atoms with Gasteiger partial charge in [-0.1, -0.05) is 38.1 Å². The number of hydrogen-bond acceptors (Lipinski definition) is 2. The SMILES string of the molecule is CCC(CC)n1ccc(CC2NCCc3ccccc32)n1. The fourth-order valence-corrected chi connectivity index (χ4v) is 3.34. The van der Waals surface area contributed by atoms with Crippen molar-refractivity contribution >= 4 is 0 Å². The molecule has 1 atom stereocenters. The van der Waals surface area contributed by atoms with Gasteiger partial charge in [0.15, 0.2) is 0 Å². The van der Waals surface area contributed by atoms with Crippen LogP contribution in [0.2, 0.25) is 0 Å². The van der Waals surface area contributed by atoms with Crippen LogP contribution in [0.15, 0.2) is 36.5 Å². The summed E-state index contributed by atoms with van der Waals surface area (Å²) in [4.78, 5) is 0. The summed E-state index contributed by atoms with van der Waals surface area (Å²) in [5, 5.41) is 8.44. The van der Waals surface area contributed by atoms with Gasteiger partial charge in [0.05, 0.1) is 11.7 Å². The maximum absolute atomic E-state index is 4.80. The zero-order valence-electron chi connectivity index (χ0n) is 13.0. The van der Waals surface area contributed by atoms with Crippen molar-refractivity contribution in [3.63, 3.8) is 0 Å². The van der Waals surface area contributed by atoms with E-state index < -0.39 is 0 Å². The Morgan fingerprint density at radius 1 is 1.24 bits per heavy atom. The van der Waals surface area contributed by atoms with Gasteiger partial charge in [-0.15, -0.1) is 0 Å². The lowest BCUT2D eigenvalue weighted by molar-refractivity contribution is 0.421. The summed E-state index contributed by atoms with van der Waals surface area (Å²) < 4.78 is 2.14. The van der Waals surface area contributed by atoms with E-state index in [0.29, 0.717) is 12.1 Å². The Morgan fingerprint density at radius 2 is 2.05 bits per heavy atom. The van der Waals surface area contributed by atoms with Crippen LogP contribution in [0.25, 0.3) is 0 Å². The van der Waals surface area contributed by atoms with Crippen LogP contribution in [-0.2, 0) is 12.8 Å². The zero-order valence-corrected chi connectivity index (χ0v) is 13.0. The van der Waals surface area contributed by atoms with Gasteiger partial charge in [0.1, 0.15) is 0 Å². The third kappa shape index (κ3) is 3.03. The van der Waals surface area contributed by atoms with Crippen molar-refractivity contribution < 1.29 is 0 Å². The lowest BCUT2D eigenvalue weighted by Crippen LogP contribution is -2.31. The summed E-state index contributed by atoms with van der Waals surface area (Å²) in [6.45, 7) is 5.53. The number of nitrogens with zero attached hydrogens (tertiary/aromatic N) is 2. The monoisotopic (exact) mass is 283 g/mol. The topological polar surface area (TPSA) is 29.9 Å². The molecule has 3 heteroatoms. The highest BCUT2D eigenvalue weighted by molar-refractivity contribution is 5.33. The van der Waals surface area contributed by atoms with Gasteiger partial charge >= 0.3 is 0 Å². The molecule has 1 aromatic carbocycles. The lowest BCUT2D eigenvalue weighted by atomic mass is 9.92. The average molecular weight is 283 g/mol. The highest BCUT2D eigenvalue weighted by Crippen LogP contribution is 2.25. The minimum absolute atomic E-state index is 0.403. The highest BCUT2D eigenvalue weighted by atomic mass is 15.3. The van der Waals surface area contributed by atoms with Crippen molar-refractivity contribution in [3.8, 4) is 0 Å². The second kappa shape index (κ2) is 6.44. The molecule has 1 aliphatic heterocycles. The third-order valence-corrected chi connectivity index (χ3v) is 4.61. The molecule has 0 radical (unpaired) electrons. The summed E-state index contributed by atoms with van der Waals surface area (Å²) in [6.07, 6.45) is 6.53. The van der Waals surface area contributed by atoms with Gasteiger partial charge in [-0.3, -0.25) is 4.68 Å². The molecular formula is C18H25N3. The van der Waals surface area contributed by atoms with E-state index in [9.17, 15) is 0 Å². The molecule has 2 aromatic rings. The van der Waals surface area contributed by atoms with E-state index in [1.54, 1.807) is 0 Å². The van der Waals surface area contributed by atoms with Gasteiger partial charge in [-0.05, 0) is 43.0 Å². The maximum atomic E-state index is 4.80. The molecule has 1 aliphatic rings. The molecule has 2 heterocycles. The second-order valence-corrected chi connectivity index (χ2v) is 5.92. The maximum Gasteiger partial charge on any atom is 0.0643 e. The van der Waals surface area contributed by atoms with Crippen LogP contribution in [0, 0.1) is 0 Å². The third-order valence-electron chi connectivity index (χ3n) is 4.61.